The number of nitrogens with zero attached hydrogens (tertiary/aromatic N) is 2. The Balaban J connectivity index is 0.00000240. The topological polar surface area (TPSA) is 70.4 Å². The molecular weight excluding hydrogens is 388 g/mol. The minimum absolute atomic E-state index is 0. The maximum absolute atomic E-state index is 12.5. The van der Waals surface area contributed by atoms with Crippen LogP contribution in [0.15, 0.2) is 47.0 Å². The summed E-state index contributed by atoms with van der Waals surface area (Å²) >= 11 is 0. The monoisotopic (exact) mass is 412 g/mol. The second-order valence-corrected chi connectivity index (χ2v) is 7.05. The molecule has 0 unspecified atom stereocenters. The number of fused-ring (bicyclic) bond motifs is 2. The standard InChI is InChI=1S/C22H24N4O2.ClH/c1-15-18-5-3-4-6-19(18)28-20(15)14-26(2)21(27)8-7-16-11-17-13-23-9-10-24-22(17)25-12-16;/h3-8,11-12,23H,9-10,13-14H2,1-2H3,(H,24,25);1H/b8-7+;. The van der Waals surface area contributed by atoms with E-state index in [0.29, 0.717) is 6.54 Å². The van der Waals surface area contributed by atoms with E-state index >= 15 is 0 Å². The molecule has 0 spiro atoms. The van der Waals surface area contributed by atoms with Gasteiger partial charge in [0.25, 0.3) is 0 Å². The molecule has 4 rings (SSSR count). The van der Waals surface area contributed by atoms with E-state index in [2.05, 4.69) is 21.7 Å². The third-order valence-electron chi connectivity index (χ3n) is 5.02. The Morgan fingerprint density at radius 1 is 1.31 bits per heavy atom. The number of likely N-dealkylation sites (N-methyl/N-ethyl adjacent to an activating group) is 1. The van der Waals surface area contributed by atoms with Crippen molar-refractivity contribution in [2.45, 2.75) is 20.0 Å². The number of hydrogen-bond donors (Lipinski definition) is 2. The molecule has 1 aliphatic rings. The average molecular weight is 413 g/mol. The lowest BCUT2D eigenvalue weighted by molar-refractivity contribution is -0.125. The molecule has 3 aromatic rings. The van der Waals surface area contributed by atoms with Gasteiger partial charge in [-0.25, -0.2) is 4.98 Å². The fraction of sp³-hybridized carbons (Fsp3) is 0.273. The molecular formula is C22H25ClN4O2. The fourth-order valence-corrected chi connectivity index (χ4v) is 3.37. The summed E-state index contributed by atoms with van der Waals surface area (Å²) in [6.45, 7) is 5.00. The van der Waals surface area contributed by atoms with Gasteiger partial charge in [0, 0.05) is 55.5 Å². The molecule has 29 heavy (non-hydrogen) atoms. The number of carbonyl (C=O) groups is 1. The van der Waals surface area contributed by atoms with Crippen LogP contribution in [0.3, 0.4) is 0 Å². The second-order valence-electron chi connectivity index (χ2n) is 7.05. The lowest BCUT2D eigenvalue weighted by Crippen LogP contribution is -2.24. The predicted molar refractivity (Wildman–Crippen MR) is 118 cm³/mol. The summed E-state index contributed by atoms with van der Waals surface area (Å²) in [6.07, 6.45) is 5.17. The number of para-hydroxylation sites is 1. The van der Waals surface area contributed by atoms with Crippen molar-refractivity contribution >= 4 is 41.2 Å². The van der Waals surface area contributed by atoms with Crippen LogP contribution < -0.4 is 10.6 Å². The molecule has 7 heteroatoms. The Hall–Kier alpha value is -2.83. The molecule has 2 N–H and O–H groups in total. The van der Waals surface area contributed by atoms with Crippen molar-refractivity contribution in [1.29, 1.82) is 0 Å². The van der Waals surface area contributed by atoms with E-state index in [1.807, 2.05) is 37.3 Å². The van der Waals surface area contributed by atoms with E-state index in [1.165, 1.54) is 0 Å². The molecule has 1 aliphatic heterocycles. The van der Waals surface area contributed by atoms with Gasteiger partial charge < -0.3 is 20.0 Å². The predicted octanol–water partition coefficient (Wildman–Crippen LogP) is 3.74. The molecule has 6 nitrogen and oxygen atoms in total. The molecule has 3 heterocycles. The van der Waals surface area contributed by atoms with Crippen LogP contribution in [0.25, 0.3) is 17.0 Å². The molecule has 0 saturated heterocycles. The number of furan rings is 1. The van der Waals surface area contributed by atoms with Gasteiger partial charge in [-0.15, -0.1) is 12.4 Å². The van der Waals surface area contributed by atoms with E-state index in [4.69, 9.17) is 4.42 Å². The van der Waals surface area contributed by atoms with Gasteiger partial charge in [0.2, 0.25) is 5.91 Å². The van der Waals surface area contributed by atoms with Gasteiger partial charge in [0.05, 0.1) is 6.54 Å². The molecule has 0 radical (unpaired) electrons. The van der Waals surface area contributed by atoms with E-state index in [9.17, 15) is 4.79 Å². The summed E-state index contributed by atoms with van der Waals surface area (Å²) in [5, 5.41) is 7.73. The molecule has 0 bridgehead atoms. The fourth-order valence-electron chi connectivity index (χ4n) is 3.37. The third kappa shape index (κ3) is 4.60. The van der Waals surface area contributed by atoms with Crippen LogP contribution in [0.4, 0.5) is 5.82 Å². The molecule has 152 valence electrons. The van der Waals surface area contributed by atoms with Gasteiger partial charge in [0.1, 0.15) is 17.2 Å². The van der Waals surface area contributed by atoms with Crippen molar-refractivity contribution in [3.05, 3.63) is 65.1 Å². The number of aromatic nitrogens is 1. The van der Waals surface area contributed by atoms with Gasteiger partial charge in [-0.2, -0.15) is 0 Å². The van der Waals surface area contributed by atoms with Gasteiger partial charge in [0.15, 0.2) is 0 Å². The van der Waals surface area contributed by atoms with Crippen LogP contribution in [0, 0.1) is 6.92 Å². The van der Waals surface area contributed by atoms with E-state index in [1.54, 1.807) is 24.2 Å². The number of rotatable bonds is 4. The highest BCUT2D eigenvalue weighted by molar-refractivity contribution is 5.91. The Bertz CT molecular complexity index is 1040. The maximum atomic E-state index is 12.5. The van der Waals surface area contributed by atoms with Gasteiger partial charge >= 0.3 is 0 Å². The normalized spacial score (nSPS) is 13.4. The summed E-state index contributed by atoms with van der Waals surface area (Å²) in [7, 11) is 1.78. The number of amides is 1. The van der Waals surface area contributed by atoms with Gasteiger partial charge in [-0.1, -0.05) is 18.2 Å². The van der Waals surface area contributed by atoms with Crippen molar-refractivity contribution in [2.24, 2.45) is 0 Å². The quantitative estimate of drug-likeness (QED) is 0.639. The van der Waals surface area contributed by atoms with E-state index < -0.39 is 0 Å². The number of nitrogens with one attached hydrogen (secondary N) is 2. The molecule has 0 saturated carbocycles. The van der Waals surface area contributed by atoms with E-state index in [0.717, 1.165) is 58.9 Å². The van der Waals surface area contributed by atoms with Crippen LogP contribution in [0.5, 0.6) is 0 Å². The number of aryl methyl sites for hydroxylation is 1. The molecule has 0 fully saturated rings. The first kappa shape index (κ1) is 20.9. The second kappa shape index (κ2) is 9.11. The smallest absolute Gasteiger partial charge is 0.246 e. The summed E-state index contributed by atoms with van der Waals surface area (Å²) < 4.78 is 5.91. The SMILES string of the molecule is Cc1c(CN(C)C(=O)/C=C/c2cnc3c(c2)CNCCN3)oc2ccccc12.Cl. The summed E-state index contributed by atoms with van der Waals surface area (Å²) in [4.78, 5) is 18.7. The summed E-state index contributed by atoms with van der Waals surface area (Å²) in [5.41, 5.74) is 3.95. The Labute approximate surface area is 176 Å². The van der Waals surface area contributed by atoms with Gasteiger partial charge in [-0.3, -0.25) is 4.79 Å². The van der Waals surface area contributed by atoms with Crippen LogP contribution >= 0.6 is 12.4 Å². The lowest BCUT2D eigenvalue weighted by Gasteiger charge is -2.14. The zero-order valence-electron chi connectivity index (χ0n) is 16.6. The van der Waals surface area contributed by atoms with Crippen LogP contribution in [0.2, 0.25) is 0 Å². The third-order valence-corrected chi connectivity index (χ3v) is 5.02. The lowest BCUT2D eigenvalue weighted by atomic mass is 10.1. The average Bonchev–Trinajstić information content (AvgIpc) is 2.88. The number of halogens is 1. The number of pyridine rings is 1. The van der Waals surface area contributed by atoms with E-state index in [-0.39, 0.29) is 18.3 Å². The van der Waals surface area contributed by atoms with Crippen molar-refractivity contribution in [3.8, 4) is 0 Å². The zero-order chi connectivity index (χ0) is 19.5. The van der Waals surface area contributed by atoms with Crippen LogP contribution in [-0.4, -0.2) is 35.9 Å². The van der Waals surface area contributed by atoms with Crippen molar-refractivity contribution in [3.63, 3.8) is 0 Å². The van der Waals surface area contributed by atoms with Crippen molar-refractivity contribution < 1.29 is 9.21 Å². The highest BCUT2D eigenvalue weighted by atomic mass is 35.5. The molecule has 2 aromatic heterocycles. The van der Waals surface area contributed by atoms with Crippen molar-refractivity contribution in [1.82, 2.24) is 15.2 Å². The molecule has 1 amide bonds. The minimum Gasteiger partial charge on any atom is -0.459 e. The number of benzene rings is 1. The molecule has 1 aromatic carbocycles. The highest BCUT2D eigenvalue weighted by Crippen LogP contribution is 2.25. The molecule has 0 atom stereocenters. The van der Waals surface area contributed by atoms with Gasteiger partial charge in [-0.05, 0) is 30.7 Å². The summed E-state index contributed by atoms with van der Waals surface area (Å²) in [5.74, 6) is 1.64. The number of carbonyl (C=O) groups excluding carboxylic acids is 1. The first-order chi connectivity index (χ1) is 13.6. The van der Waals surface area contributed by atoms with Crippen molar-refractivity contribution in [2.75, 3.05) is 25.5 Å². The first-order valence-corrected chi connectivity index (χ1v) is 9.45. The Kier molecular flexibility index (Phi) is 6.56. The zero-order valence-corrected chi connectivity index (χ0v) is 17.4. The first-order valence-electron chi connectivity index (χ1n) is 9.45. The Morgan fingerprint density at radius 2 is 2.14 bits per heavy atom. The van der Waals surface area contributed by atoms with Crippen LogP contribution in [0.1, 0.15) is 22.5 Å². The minimum atomic E-state index is -0.0777. The van der Waals surface area contributed by atoms with Crippen LogP contribution in [-0.2, 0) is 17.9 Å². The maximum Gasteiger partial charge on any atom is 0.246 e. The number of hydrogen-bond acceptors (Lipinski definition) is 5. The highest BCUT2D eigenvalue weighted by Gasteiger charge is 2.14. The number of anilines is 1. The Morgan fingerprint density at radius 3 is 2.97 bits per heavy atom. The summed E-state index contributed by atoms with van der Waals surface area (Å²) in [6, 6.07) is 9.98. The molecule has 0 aliphatic carbocycles. The largest absolute Gasteiger partial charge is 0.459 e.